The van der Waals surface area contributed by atoms with Gasteiger partial charge in [-0.05, 0) is 6.07 Å². The maximum atomic E-state index is 8.63. The Labute approximate surface area is 104 Å². The molecule has 0 aromatic heterocycles. The molecular weight excluding hydrogens is 270 g/mol. The lowest BCUT2D eigenvalue weighted by molar-refractivity contribution is 0.366. The summed E-state index contributed by atoms with van der Waals surface area (Å²) >= 11 is 5.89. The second-order valence-electron chi connectivity index (χ2n) is 3.06. The van der Waals surface area contributed by atoms with Crippen LogP contribution in [0, 0.1) is 5.39 Å². The van der Waals surface area contributed by atoms with Crippen molar-refractivity contribution in [2.75, 3.05) is 19.0 Å². The van der Waals surface area contributed by atoms with Crippen LogP contribution in [0.5, 0.6) is 0 Å². The molecule has 17 heavy (non-hydrogen) atoms. The van der Waals surface area contributed by atoms with Gasteiger partial charge >= 0.3 is 5.69 Å². The minimum atomic E-state index is -4.92. The monoisotopic (exact) mass is 279 g/mol. The van der Waals surface area contributed by atoms with Gasteiger partial charge in [-0.2, -0.15) is 0 Å². The van der Waals surface area contributed by atoms with Gasteiger partial charge in [0.25, 0.3) is 0 Å². The Hall–Kier alpha value is -1.40. The molecule has 0 fully saturated rings. The largest absolute Gasteiger partial charge is 0.726 e. The molecule has 0 aliphatic heterocycles. The van der Waals surface area contributed by atoms with E-state index in [0.717, 1.165) is 5.69 Å². The number of anilines is 1. The minimum Gasteiger partial charge on any atom is -0.726 e. The van der Waals surface area contributed by atoms with Crippen molar-refractivity contribution in [1.29, 1.82) is 5.39 Å². The topological polar surface area (TPSA) is 109 Å². The third-order valence-corrected chi connectivity index (χ3v) is 1.83. The van der Waals surface area contributed by atoms with Crippen molar-refractivity contribution in [3.8, 4) is 0 Å². The molecule has 94 valence electrons. The van der Waals surface area contributed by atoms with E-state index in [1.807, 2.05) is 19.0 Å². The molecule has 0 aliphatic carbocycles. The second kappa shape index (κ2) is 6.36. The molecule has 0 unspecified atom stereocenters. The smallest absolute Gasteiger partial charge is 0.386 e. The highest BCUT2D eigenvalue weighted by molar-refractivity contribution is 7.79. The van der Waals surface area contributed by atoms with Crippen molar-refractivity contribution in [3.05, 3.63) is 28.2 Å². The van der Waals surface area contributed by atoms with Gasteiger partial charge in [0, 0.05) is 20.2 Å². The molecule has 0 heterocycles. The van der Waals surface area contributed by atoms with Crippen LogP contribution in [0.1, 0.15) is 0 Å². The van der Waals surface area contributed by atoms with Crippen LogP contribution in [-0.4, -0.2) is 31.6 Å². The Balaban J connectivity index is 0.000000437. The molecular formula is C8H10ClN3O4S. The first kappa shape index (κ1) is 15.6. The Morgan fingerprint density at radius 2 is 1.94 bits per heavy atom. The van der Waals surface area contributed by atoms with Gasteiger partial charge in [0.2, 0.25) is 15.8 Å². The van der Waals surface area contributed by atoms with Gasteiger partial charge in [-0.25, -0.2) is 8.42 Å². The zero-order valence-corrected chi connectivity index (χ0v) is 10.6. The van der Waals surface area contributed by atoms with Crippen LogP contribution >= 0.6 is 11.6 Å². The highest BCUT2D eigenvalue weighted by Gasteiger charge is 2.09. The van der Waals surface area contributed by atoms with Crippen molar-refractivity contribution in [2.45, 2.75) is 0 Å². The highest BCUT2D eigenvalue weighted by atomic mass is 35.5. The van der Waals surface area contributed by atoms with E-state index in [9.17, 15) is 0 Å². The molecule has 1 N–H and O–H groups in total. The number of halogens is 1. The van der Waals surface area contributed by atoms with E-state index in [-0.39, 0.29) is 0 Å². The Kier molecular flexibility index (Phi) is 5.84. The molecule has 0 saturated heterocycles. The summed E-state index contributed by atoms with van der Waals surface area (Å²) in [6.45, 7) is 0. The number of diazo groups is 1. The Bertz CT molecular complexity index is 516. The third kappa shape index (κ3) is 7.48. The van der Waals surface area contributed by atoms with E-state index < -0.39 is 10.4 Å². The van der Waals surface area contributed by atoms with Gasteiger partial charge in [-0.15, -0.1) is 0 Å². The molecule has 0 atom stereocenters. The minimum absolute atomic E-state index is 0.464. The molecule has 0 saturated carbocycles. The molecule has 0 spiro atoms. The fraction of sp³-hybridized carbons (Fsp3) is 0.250. The van der Waals surface area contributed by atoms with E-state index in [1.165, 1.54) is 0 Å². The number of nitrogens with zero attached hydrogens (tertiary/aromatic N) is 3. The van der Waals surface area contributed by atoms with E-state index in [1.54, 1.807) is 18.2 Å². The van der Waals surface area contributed by atoms with Gasteiger partial charge in [0.15, 0.2) is 4.98 Å². The lowest BCUT2D eigenvalue weighted by Crippen LogP contribution is -2.08. The van der Waals surface area contributed by atoms with Crippen LogP contribution in [0.3, 0.4) is 0 Å². The molecule has 0 bridgehead atoms. The summed E-state index contributed by atoms with van der Waals surface area (Å²) in [5.41, 5.74) is 1.37. The lowest BCUT2D eigenvalue weighted by Gasteiger charge is -2.12. The summed E-state index contributed by atoms with van der Waals surface area (Å²) < 4.78 is 32.8. The third-order valence-electron chi connectivity index (χ3n) is 1.53. The summed E-state index contributed by atoms with van der Waals surface area (Å²) in [7, 11) is -1.12. The second-order valence-corrected chi connectivity index (χ2v) is 4.32. The lowest BCUT2D eigenvalue weighted by atomic mass is 10.3. The maximum Gasteiger partial charge on any atom is 0.386 e. The van der Waals surface area contributed by atoms with Crippen LogP contribution in [0.25, 0.3) is 4.98 Å². The molecule has 7 nitrogen and oxygen atoms in total. The number of hydrogen-bond acceptors (Lipinski definition) is 5. The van der Waals surface area contributed by atoms with Gasteiger partial charge in [0.1, 0.15) is 0 Å². The molecule has 1 rings (SSSR count). The van der Waals surface area contributed by atoms with E-state index in [2.05, 4.69) is 4.98 Å². The SMILES string of the molecule is CN(C)c1ccc([N+]#N)cc1Cl.O=S(=O)([O-])O. The standard InChI is InChI=1S/C8H9ClN3.H2O4S/c1-12(2)8-4-3-6(11-10)5-7(8)9;1-5(2,3)4/h3-5H,1-2H3;(H2,1,2,3,4)/q+1;/p-1. The fourth-order valence-corrected chi connectivity index (χ4v) is 1.26. The van der Waals surface area contributed by atoms with Crippen molar-refractivity contribution in [3.63, 3.8) is 0 Å². The zero-order valence-electron chi connectivity index (χ0n) is 9.03. The predicted octanol–water partition coefficient (Wildman–Crippen LogP) is 1.90. The molecule has 9 heteroatoms. The van der Waals surface area contributed by atoms with Gasteiger partial charge < -0.3 is 9.45 Å². The van der Waals surface area contributed by atoms with Gasteiger partial charge in [-0.1, -0.05) is 11.6 Å². The number of benzene rings is 1. The van der Waals surface area contributed by atoms with Crippen molar-refractivity contribution in [2.24, 2.45) is 0 Å². The maximum absolute atomic E-state index is 8.63. The fourth-order valence-electron chi connectivity index (χ4n) is 0.921. The summed E-state index contributed by atoms with van der Waals surface area (Å²) in [5.74, 6) is 0. The van der Waals surface area contributed by atoms with Crippen LogP contribution in [-0.2, 0) is 10.4 Å². The summed E-state index contributed by atoms with van der Waals surface area (Å²) in [4.78, 5) is 4.92. The first-order valence-electron chi connectivity index (χ1n) is 4.15. The van der Waals surface area contributed by atoms with E-state index >= 15 is 0 Å². The number of hydrogen-bond donors (Lipinski definition) is 1. The molecule has 1 aromatic carbocycles. The average Bonchev–Trinajstić information content (AvgIpc) is 2.14. The highest BCUT2D eigenvalue weighted by Crippen LogP contribution is 2.28. The van der Waals surface area contributed by atoms with Crippen LogP contribution in [0.2, 0.25) is 5.02 Å². The van der Waals surface area contributed by atoms with Crippen LogP contribution < -0.4 is 4.90 Å². The van der Waals surface area contributed by atoms with Gasteiger partial charge in [0.05, 0.1) is 16.8 Å². The zero-order chi connectivity index (χ0) is 13.6. The van der Waals surface area contributed by atoms with Crippen LogP contribution in [0.4, 0.5) is 11.4 Å². The first-order chi connectivity index (χ1) is 7.65. The van der Waals surface area contributed by atoms with Gasteiger partial charge in [-0.3, -0.25) is 4.55 Å². The Morgan fingerprint density at radius 3 is 2.24 bits per heavy atom. The van der Waals surface area contributed by atoms with Crippen LogP contribution in [0.15, 0.2) is 18.2 Å². The normalized spacial score (nSPS) is 9.88. The van der Waals surface area contributed by atoms with E-state index in [4.69, 9.17) is 34.5 Å². The van der Waals surface area contributed by atoms with E-state index in [0.29, 0.717) is 10.7 Å². The summed E-state index contributed by atoms with van der Waals surface area (Å²) in [6, 6.07) is 5.11. The van der Waals surface area contributed by atoms with Crippen molar-refractivity contribution in [1.82, 2.24) is 0 Å². The predicted molar refractivity (Wildman–Crippen MR) is 62.8 cm³/mol. The van der Waals surface area contributed by atoms with Crippen molar-refractivity contribution >= 4 is 33.4 Å². The molecule has 0 radical (unpaired) electrons. The molecule has 0 aliphatic rings. The first-order valence-corrected chi connectivity index (χ1v) is 5.89. The van der Waals surface area contributed by atoms with Crippen molar-refractivity contribution < 1.29 is 17.5 Å². The summed E-state index contributed by atoms with van der Waals surface area (Å²) in [5, 5.41) is 9.02. The Morgan fingerprint density at radius 1 is 1.47 bits per heavy atom. The average molecular weight is 280 g/mol. The summed E-state index contributed by atoms with van der Waals surface area (Å²) in [6.07, 6.45) is 0. The molecule has 1 aromatic rings. The molecule has 0 amide bonds. The quantitative estimate of drug-likeness (QED) is 0.478. The number of rotatable bonds is 1.